The first-order valence-corrected chi connectivity index (χ1v) is 9.80. The number of hydrogen-bond donors (Lipinski definition) is 1. The molecule has 1 N–H and O–H groups in total. The zero-order valence-corrected chi connectivity index (χ0v) is 16.4. The van der Waals surface area contributed by atoms with Crippen LogP contribution in [0.2, 0.25) is 0 Å². The molecule has 30 heavy (non-hydrogen) atoms. The third-order valence-electron chi connectivity index (χ3n) is 5.76. The van der Waals surface area contributed by atoms with Crippen molar-refractivity contribution < 1.29 is 18.8 Å². The number of fused-ring (bicyclic) bond motifs is 2. The molecule has 1 saturated heterocycles. The molecule has 1 unspecified atom stereocenters. The van der Waals surface area contributed by atoms with E-state index in [9.17, 15) is 9.59 Å². The molecule has 2 aliphatic rings. The highest BCUT2D eigenvalue weighted by Crippen LogP contribution is 2.40. The molecule has 2 aromatic carbocycles. The molecule has 0 bridgehead atoms. The number of aryl methyl sites for hydroxylation is 1. The van der Waals surface area contributed by atoms with Crippen molar-refractivity contribution in [3.05, 3.63) is 65.5 Å². The van der Waals surface area contributed by atoms with Crippen LogP contribution in [0.1, 0.15) is 29.9 Å². The van der Waals surface area contributed by atoms with Gasteiger partial charge in [-0.3, -0.25) is 9.69 Å². The quantitative estimate of drug-likeness (QED) is 0.672. The second-order valence-corrected chi connectivity index (χ2v) is 7.48. The van der Waals surface area contributed by atoms with Gasteiger partial charge in [0.1, 0.15) is 17.8 Å². The number of nitrogens with one attached hydrogen (secondary N) is 1. The summed E-state index contributed by atoms with van der Waals surface area (Å²) >= 11 is 0. The lowest BCUT2D eigenvalue weighted by Crippen LogP contribution is -2.46. The number of carbonyl (C=O) groups is 2. The Labute approximate surface area is 172 Å². The van der Waals surface area contributed by atoms with E-state index in [0.717, 1.165) is 40.2 Å². The maximum atomic E-state index is 13.3. The van der Waals surface area contributed by atoms with Gasteiger partial charge in [0.15, 0.2) is 0 Å². The van der Waals surface area contributed by atoms with Gasteiger partial charge >= 0.3 is 6.03 Å². The first-order chi connectivity index (χ1) is 14.6. The van der Waals surface area contributed by atoms with Crippen LogP contribution in [-0.2, 0) is 23.3 Å². The lowest BCUT2D eigenvalue weighted by molar-refractivity contribution is -0.132. The number of nitrogens with zero attached hydrogens (tertiary/aromatic N) is 3. The van der Waals surface area contributed by atoms with Gasteiger partial charge in [0.25, 0.3) is 5.91 Å². The molecule has 152 valence electrons. The van der Waals surface area contributed by atoms with Gasteiger partial charge in [-0.25, -0.2) is 4.79 Å². The van der Waals surface area contributed by atoms with Crippen LogP contribution in [0.25, 0.3) is 11.4 Å². The van der Waals surface area contributed by atoms with Gasteiger partial charge in [-0.05, 0) is 54.7 Å². The van der Waals surface area contributed by atoms with Gasteiger partial charge in [-0.2, -0.15) is 4.98 Å². The molecule has 1 fully saturated rings. The molecule has 3 amide bonds. The van der Waals surface area contributed by atoms with Crippen molar-refractivity contribution in [3.8, 4) is 17.1 Å². The molecule has 0 saturated carbocycles. The summed E-state index contributed by atoms with van der Waals surface area (Å²) < 4.78 is 10.5. The molecule has 8 nitrogen and oxygen atoms in total. The largest absolute Gasteiger partial charge is 0.497 e. The molecular formula is C22H20N4O4. The van der Waals surface area contributed by atoms with Crippen molar-refractivity contribution >= 4 is 11.9 Å². The highest BCUT2D eigenvalue weighted by molar-refractivity contribution is 6.07. The molecule has 3 aromatic rings. The number of carbonyl (C=O) groups excluding carboxylic acids is 2. The minimum atomic E-state index is -1.01. The molecule has 8 heteroatoms. The number of urea groups is 1. The van der Waals surface area contributed by atoms with Crippen LogP contribution in [-0.4, -0.2) is 34.1 Å². The summed E-state index contributed by atoms with van der Waals surface area (Å²) in [4.78, 5) is 31.6. The molecule has 1 aliphatic carbocycles. The number of imide groups is 1. The normalized spacial score (nSPS) is 20.4. The summed E-state index contributed by atoms with van der Waals surface area (Å²) in [5.74, 6) is 1.03. The number of benzene rings is 2. The maximum absolute atomic E-state index is 13.3. The SMILES string of the molecule is COc1ccc(-c2noc(CN3C(=O)NC4(CCCc5ccccc54)C3=O)n2)cc1. The predicted octanol–water partition coefficient (Wildman–Crippen LogP) is 3.03. The second kappa shape index (κ2) is 6.98. The van der Waals surface area contributed by atoms with Crippen LogP contribution >= 0.6 is 0 Å². The van der Waals surface area contributed by atoms with Gasteiger partial charge in [0.05, 0.1) is 7.11 Å². The molecule has 1 aliphatic heterocycles. The Morgan fingerprint density at radius 2 is 1.97 bits per heavy atom. The van der Waals surface area contributed by atoms with Crippen LogP contribution in [0.3, 0.4) is 0 Å². The van der Waals surface area contributed by atoms with Gasteiger partial charge in [0, 0.05) is 5.56 Å². The number of methoxy groups -OCH3 is 1. The molecule has 1 atom stereocenters. The number of ether oxygens (including phenoxy) is 1. The molecule has 2 heterocycles. The summed E-state index contributed by atoms with van der Waals surface area (Å²) in [5.41, 5.74) is 1.71. The highest BCUT2D eigenvalue weighted by atomic mass is 16.5. The monoisotopic (exact) mass is 404 g/mol. The summed E-state index contributed by atoms with van der Waals surface area (Å²) in [5, 5.41) is 6.91. The van der Waals surface area contributed by atoms with E-state index in [2.05, 4.69) is 15.5 Å². The Bertz CT molecular complexity index is 1120. The number of aromatic nitrogens is 2. The Morgan fingerprint density at radius 3 is 2.77 bits per heavy atom. The minimum absolute atomic E-state index is 0.0717. The summed E-state index contributed by atoms with van der Waals surface area (Å²) in [6, 6.07) is 14.6. The Morgan fingerprint density at radius 1 is 1.17 bits per heavy atom. The lowest BCUT2D eigenvalue weighted by atomic mass is 9.76. The number of rotatable bonds is 4. The van der Waals surface area contributed by atoms with Gasteiger partial charge in [-0.15, -0.1) is 0 Å². The van der Waals surface area contributed by atoms with Gasteiger partial charge in [0.2, 0.25) is 11.7 Å². The van der Waals surface area contributed by atoms with Crippen molar-refractivity contribution in [1.82, 2.24) is 20.4 Å². The fraction of sp³-hybridized carbons (Fsp3) is 0.273. The van der Waals surface area contributed by atoms with E-state index in [1.54, 1.807) is 19.2 Å². The smallest absolute Gasteiger partial charge is 0.325 e. The Balaban J connectivity index is 1.40. The Kier molecular flexibility index (Phi) is 4.27. The Hall–Kier alpha value is -3.68. The van der Waals surface area contributed by atoms with Crippen LogP contribution in [0.15, 0.2) is 53.1 Å². The van der Waals surface area contributed by atoms with Gasteiger partial charge < -0.3 is 14.6 Å². The first-order valence-electron chi connectivity index (χ1n) is 9.80. The molecule has 5 rings (SSSR count). The van der Waals surface area contributed by atoms with Crippen molar-refractivity contribution in [2.45, 2.75) is 31.3 Å². The van der Waals surface area contributed by atoms with E-state index < -0.39 is 11.6 Å². The van der Waals surface area contributed by atoms with E-state index in [1.165, 1.54) is 0 Å². The number of amides is 3. The molecule has 1 aromatic heterocycles. The average molecular weight is 404 g/mol. The van der Waals surface area contributed by atoms with Crippen LogP contribution < -0.4 is 10.1 Å². The topological polar surface area (TPSA) is 97.6 Å². The number of hydrogen-bond acceptors (Lipinski definition) is 6. The third-order valence-corrected chi connectivity index (χ3v) is 5.76. The summed E-state index contributed by atoms with van der Waals surface area (Å²) in [6.45, 7) is -0.0717. The van der Waals surface area contributed by atoms with Crippen molar-refractivity contribution in [2.75, 3.05) is 7.11 Å². The van der Waals surface area contributed by atoms with Crippen LogP contribution in [0.5, 0.6) is 5.75 Å². The lowest BCUT2D eigenvalue weighted by Gasteiger charge is -2.33. The minimum Gasteiger partial charge on any atom is -0.497 e. The van der Waals surface area contributed by atoms with Crippen LogP contribution in [0.4, 0.5) is 4.79 Å². The highest BCUT2D eigenvalue weighted by Gasteiger charge is 2.54. The summed E-state index contributed by atoms with van der Waals surface area (Å²) in [7, 11) is 1.59. The van der Waals surface area contributed by atoms with E-state index in [0.29, 0.717) is 12.2 Å². The van der Waals surface area contributed by atoms with Gasteiger partial charge in [-0.1, -0.05) is 29.4 Å². The zero-order chi connectivity index (χ0) is 20.7. The standard InChI is InChI=1S/C22H20N4O4/c1-29-16-10-8-15(9-11-16)19-23-18(30-25-19)13-26-20(27)22(24-21(26)28)12-4-6-14-5-2-3-7-17(14)22/h2-3,5,7-11H,4,6,12-13H2,1H3,(H,24,28). The predicted molar refractivity (Wildman–Crippen MR) is 106 cm³/mol. The zero-order valence-electron chi connectivity index (χ0n) is 16.4. The van der Waals surface area contributed by atoms with Crippen LogP contribution in [0, 0.1) is 0 Å². The molecule has 1 spiro atoms. The third kappa shape index (κ3) is 2.83. The molecule has 0 radical (unpaired) electrons. The first kappa shape index (κ1) is 18.4. The van der Waals surface area contributed by atoms with E-state index in [1.807, 2.05) is 36.4 Å². The van der Waals surface area contributed by atoms with Crippen molar-refractivity contribution in [3.63, 3.8) is 0 Å². The van der Waals surface area contributed by atoms with E-state index in [-0.39, 0.29) is 18.3 Å². The second-order valence-electron chi connectivity index (χ2n) is 7.48. The fourth-order valence-electron chi connectivity index (χ4n) is 4.27. The fourth-order valence-corrected chi connectivity index (χ4v) is 4.27. The maximum Gasteiger partial charge on any atom is 0.325 e. The average Bonchev–Trinajstić information content (AvgIpc) is 3.34. The van der Waals surface area contributed by atoms with E-state index in [4.69, 9.17) is 9.26 Å². The van der Waals surface area contributed by atoms with Crippen molar-refractivity contribution in [2.24, 2.45) is 0 Å². The van der Waals surface area contributed by atoms with E-state index >= 15 is 0 Å². The summed E-state index contributed by atoms with van der Waals surface area (Å²) in [6.07, 6.45) is 2.31. The molecular weight excluding hydrogens is 384 g/mol. The van der Waals surface area contributed by atoms with Crippen molar-refractivity contribution in [1.29, 1.82) is 0 Å².